The van der Waals surface area contributed by atoms with Crippen LogP contribution >= 0.6 is 15.9 Å². The first-order valence-electron chi connectivity index (χ1n) is 7.17. The molecule has 1 amide bonds. The largest absolute Gasteiger partial charge is 0.335 e. The first-order chi connectivity index (χ1) is 9.25. The molecule has 2 fully saturated rings. The molecule has 0 unspecified atom stereocenters. The van der Waals surface area contributed by atoms with Crippen molar-refractivity contribution in [3.63, 3.8) is 0 Å². The van der Waals surface area contributed by atoms with Crippen molar-refractivity contribution in [1.29, 1.82) is 0 Å². The summed E-state index contributed by atoms with van der Waals surface area (Å²) in [7, 11) is 0. The molecule has 0 bridgehead atoms. The molecule has 1 saturated carbocycles. The van der Waals surface area contributed by atoms with Crippen molar-refractivity contribution in [1.82, 2.24) is 9.88 Å². The maximum atomic E-state index is 12.6. The van der Waals surface area contributed by atoms with Gasteiger partial charge in [-0.05, 0) is 53.6 Å². The van der Waals surface area contributed by atoms with E-state index in [0.717, 1.165) is 23.4 Å². The molecular weight excluding hydrogens is 304 g/mol. The van der Waals surface area contributed by atoms with Crippen molar-refractivity contribution >= 4 is 21.8 Å². The van der Waals surface area contributed by atoms with Gasteiger partial charge in [0.15, 0.2) is 0 Å². The van der Waals surface area contributed by atoms with Gasteiger partial charge in [0, 0.05) is 29.5 Å². The fourth-order valence-corrected chi connectivity index (χ4v) is 3.94. The van der Waals surface area contributed by atoms with E-state index in [4.69, 9.17) is 0 Å². The van der Waals surface area contributed by atoms with Crippen LogP contribution < -0.4 is 0 Å². The molecule has 1 aliphatic heterocycles. The van der Waals surface area contributed by atoms with E-state index in [2.05, 4.69) is 25.8 Å². The summed E-state index contributed by atoms with van der Waals surface area (Å²) in [6.07, 6.45) is 11.0. The highest BCUT2D eigenvalue weighted by Crippen LogP contribution is 2.36. The molecule has 0 spiro atoms. The average molecular weight is 323 g/mol. The molecule has 2 heterocycles. The summed E-state index contributed by atoms with van der Waals surface area (Å²) in [4.78, 5) is 18.8. The minimum atomic E-state index is 0.156. The van der Waals surface area contributed by atoms with Crippen LogP contribution in [0.4, 0.5) is 0 Å². The number of carbonyl (C=O) groups excluding carboxylic acids is 1. The SMILES string of the molecule is O=C(c1cncc(Br)c1)N1CCC[C@H]1C1CCCC1. The first kappa shape index (κ1) is 13.1. The van der Waals surface area contributed by atoms with E-state index in [1.165, 1.54) is 32.1 Å². The fourth-order valence-electron chi connectivity index (χ4n) is 3.57. The monoisotopic (exact) mass is 322 g/mol. The molecule has 4 heteroatoms. The van der Waals surface area contributed by atoms with Gasteiger partial charge in [-0.3, -0.25) is 9.78 Å². The Morgan fingerprint density at radius 2 is 2.00 bits per heavy atom. The maximum Gasteiger partial charge on any atom is 0.255 e. The lowest BCUT2D eigenvalue weighted by atomic mass is 9.96. The molecule has 19 heavy (non-hydrogen) atoms. The van der Waals surface area contributed by atoms with Gasteiger partial charge in [-0.25, -0.2) is 0 Å². The van der Waals surface area contributed by atoms with Gasteiger partial charge in [-0.1, -0.05) is 12.8 Å². The molecule has 0 N–H and O–H groups in total. The van der Waals surface area contributed by atoms with E-state index >= 15 is 0 Å². The van der Waals surface area contributed by atoms with Gasteiger partial charge in [-0.2, -0.15) is 0 Å². The summed E-state index contributed by atoms with van der Waals surface area (Å²) >= 11 is 3.39. The second kappa shape index (κ2) is 5.61. The lowest BCUT2D eigenvalue weighted by Crippen LogP contribution is -2.39. The minimum absolute atomic E-state index is 0.156. The third kappa shape index (κ3) is 2.69. The summed E-state index contributed by atoms with van der Waals surface area (Å²) in [6.45, 7) is 0.909. The van der Waals surface area contributed by atoms with Crippen LogP contribution in [0.25, 0.3) is 0 Å². The van der Waals surface area contributed by atoms with Crippen molar-refractivity contribution in [3.8, 4) is 0 Å². The van der Waals surface area contributed by atoms with Crippen molar-refractivity contribution in [2.45, 2.75) is 44.6 Å². The van der Waals surface area contributed by atoms with Crippen molar-refractivity contribution in [2.75, 3.05) is 6.54 Å². The molecule has 1 aromatic heterocycles. The fraction of sp³-hybridized carbons (Fsp3) is 0.600. The van der Waals surface area contributed by atoms with Crippen LogP contribution in [0.1, 0.15) is 48.9 Å². The number of nitrogens with zero attached hydrogens (tertiary/aromatic N) is 2. The Hall–Kier alpha value is -0.900. The summed E-state index contributed by atoms with van der Waals surface area (Å²) < 4.78 is 0.870. The highest BCUT2D eigenvalue weighted by Gasteiger charge is 2.36. The smallest absolute Gasteiger partial charge is 0.255 e. The molecular formula is C15H19BrN2O. The zero-order valence-corrected chi connectivity index (χ0v) is 12.6. The number of hydrogen-bond donors (Lipinski definition) is 0. The molecule has 3 nitrogen and oxygen atoms in total. The summed E-state index contributed by atoms with van der Waals surface area (Å²) in [5.74, 6) is 0.884. The molecule has 0 aromatic carbocycles. The van der Waals surface area contributed by atoms with Gasteiger partial charge in [0.1, 0.15) is 0 Å². The highest BCUT2D eigenvalue weighted by atomic mass is 79.9. The number of rotatable bonds is 2. The summed E-state index contributed by atoms with van der Waals surface area (Å²) in [5, 5.41) is 0. The number of aromatic nitrogens is 1. The van der Waals surface area contributed by atoms with Gasteiger partial charge in [-0.15, -0.1) is 0 Å². The van der Waals surface area contributed by atoms with Crippen LogP contribution in [0, 0.1) is 5.92 Å². The van der Waals surface area contributed by atoms with Gasteiger partial charge in [0.2, 0.25) is 0 Å². The summed E-state index contributed by atoms with van der Waals surface area (Å²) in [6, 6.07) is 2.34. The number of amides is 1. The lowest BCUT2D eigenvalue weighted by Gasteiger charge is -2.29. The van der Waals surface area contributed by atoms with Crippen LogP contribution in [0.5, 0.6) is 0 Å². The number of pyridine rings is 1. The van der Waals surface area contributed by atoms with Gasteiger partial charge in [0.25, 0.3) is 5.91 Å². The Morgan fingerprint density at radius 3 is 2.74 bits per heavy atom. The Morgan fingerprint density at radius 1 is 1.21 bits per heavy atom. The third-order valence-electron chi connectivity index (χ3n) is 4.46. The van der Waals surface area contributed by atoms with Crippen LogP contribution in [0.3, 0.4) is 0 Å². The second-order valence-corrected chi connectivity index (χ2v) is 6.56. The number of carbonyl (C=O) groups is 1. The molecule has 102 valence electrons. The molecule has 1 atom stereocenters. The molecule has 0 radical (unpaired) electrons. The van der Waals surface area contributed by atoms with Crippen LogP contribution in [-0.4, -0.2) is 28.4 Å². The van der Waals surface area contributed by atoms with Crippen molar-refractivity contribution < 1.29 is 4.79 Å². The topological polar surface area (TPSA) is 33.2 Å². The van der Waals surface area contributed by atoms with E-state index in [9.17, 15) is 4.79 Å². The van der Waals surface area contributed by atoms with E-state index in [1.807, 2.05) is 6.07 Å². The Kier molecular flexibility index (Phi) is 3.87. The number of halogens is 1. The van der Waals surface area contributed by atoms with Crippen molar-refractivity contribution in [3.05, 3.63) is 28.5 Å². The third-order valence-corrected chi connectivity index (χ3v) is 4.89. The predicted octanol–water partition coefficient (Wildman–Crippen LogP) is 3.64. The highest BCUT2D eigenvalue weighted by molar-refractivity contribution is 9.10. The molecule has 3 rings (SSSR count). The number of likely N-dealkylation sites (tertiary alicyclic amines) is 1. The van der Waals surface area contributed by atoms with E-state index in [-0.39, 0.29) is 5.91 Å². The summed E-state index contributed by atoms with van der Waals surface area (Å²) in [5.41, 5.74) is 0.708. The maximum absolute atomic E-state index is 12.6. The zero-order valence-electron chi connectivity index (χ0n) is 11.0. The Balaban J connectivity index is 1.78. The zero-order chi connectivity index (χ0) is 13.2. The van der Waals surface area contributed by atoms with Crippen LogP contribution in [-0.2, 0) is 0 Å². The van der Waals surface area contributed by atoms with Crippen LogP contribution in [0.2, 0.25) is 0 Å². The van der Waals surface area contributed by atoms with Gasteiger partial charge >= 0.3 is 0 Å². The van der Waals surface area contributed by atoms with Crippen molar-refractivity contribution in [2.24, 2.45) is 5.92 Å². The van der Waals surface area contributed by atoms with E-state index < -0.39 is 0 Å². The second-order valence-electron chi connectivity index (χ2n) is 5.64. The van der Waals surface area contributed by atoms with E-state index in [0.29, 0.717) is 11.6 Å². The standard InChI is InChI=1S/C15H19BrN2O/c16-13-8-12(9-17-10-13)15(19)18-7-3-6-14(18)11-4-1-2-5-11/h8-11,14H,1-7H2/t14-/m0/s1. The minimum Gasteiger partial charge on any atom is -0.335 e. The Labute approximate surface area is 122 Å². The molecule has 1 aromatic rings. The van der Waals surface area contributed by atoms with E-state index in [1.54, 1.807) is 12.4 Å². The molecule has 1 saturated heterocycles. The first-order valence-corrected chi connectivity index (χ1v) is 7.96. The Bertz CT molecular complexity index is 471. The average Bonchev–Trinajstić information content (AvgIpc) is 3.08. The number of hydrogen-bond acceptors (Lipinski definition) is 2. The normalized spacial score (nSPS) is 24.1. The van der Waals surface area contributed by atoms with Gasteiger partial charge < -0.3 is 4.90 Å². The predicted molar refractivity (Wildman–Crippen MR) is 78.0 cm³/mol. The van der Waals surface area contributed by atoms with Gasteiger partial charge in [0.05, 0.1) is 5.56 Å². The lowest BCUT2D eigenvalue weighted by molar-refractivity contribution is 0.0688. The molecule has 2 aliphatic rings. The quantitative estimate of drug-likeness (QED) is 0.832. The molecule has 1 aliphatic carbocycles. The van der Waals surface area contributed by atoms with Crippen LogP contribution in [0.15, 0.2) is 22.9 Å².